The molecule has 1 unspecified atom stereocenters. The van der Waals surface area contributed by atoms with Crippen molar-refractivity contribution in [3.8, 4) is 0 Å². The molecule has 0 aliphatic carbocycles. The molecular formula is C22H23N5O3S2. The second-order valence-corrected chi connectivity index (χ2v) is 8.56. The molecular weight excluding hydrogens is 446 g/mol. The van der Waals surface area contributed by atoms with Gasteiger partial charge >= 0.3 is 5.97 Å². The fraction of sp³-hybridized carbons (Fsp3) is 0.136. The first-order chi connectivity index (χ1) is 15.4. The molecule has 2 aromatic carbocycles. The second-order valence-electron chi connectivity index (χ2n) is 6.63. The number of aromatic nitrogens is 1. The van der Waals surface area contributed by atoms with E-state index in [9.17, 15) is 9.35 Å². The van der Waals surface area contributed by atoms with E-state index >= 15 is 0 Å². The van der Waals surface area contributed by atoms with Crippen LogP contribution in [0.25, 0.3) is 0 Å². The quantitative estimate of drug-likeness (QED) is 0.213. The van der Waals surface area contributed by atoms with E-state index in [0.29, 0.717) is 27.6 Å². The van der Waals surface area contributed by atoms with E-state index in [1.54, 1.807) is 36.6 Å². The zero-order valence-corrected chi connectivity index (χ0v) is 19.0. The number of nitrogens with one attached hydrogen (secondary N) is 2. The Balaban J connectivity index is 1.90. The molecule has 1 aromatic heterocycles. The van der Waals surface area contributed by atoms with Crippen molar-refractivity contribution < 1.29 is 14.1 Å². The maximum absolute atomic E-state index is 11.9. The number of anilines is 1. The molecule has 3 rings (SSSR count). The van der Waals surface area contributed by atoms with E-state index in [2.05, 4.69) is 10.3 Å². The van der Waals surface area contributed by atoms with Gasteiger partial charge in [-0.3, -0.25) is 5.41 Å². The molecule has 0 fully saturated rings. The Morgan fingerprint density at radius 3 is 2.53 bits per heavy atom. The summed E-state index contributed by atoms with van der Waals surface area (Å²) in [6.07, 6.45) is 0.347. The van der Waals surface area contributed by atoms with Gasteiger partial charge in [0.1, 0.15) is 5.82 Å². The molecule has 0 saturated carbocycles. The molecule has 32 heavy (non-hydrogen) atoms. The van der Waals surface area contributed by atoms with Crippen LogP contribution in [0.3, 0.4) is 0 Å². The molecule has 0 radical (unpaired) electrons. The summed E-state index contributed by atoms with van der Waals surface area (Å²) in [6.45, 7) is 1.99. The number of carbonyl (C=O) groups excluding carboxylic acids is 1. The van der Waals surface area contributed by atoms with Crippen LogP contribution < -0.4 is 16.2 Å². The summed E-state index contributed by atoms with van der Waals surface area (Å²) in [5, 5.41) is 19.2. The summed E-state index contributed by atoms with van der Waals surface area (Å²) >= 11 is -0.350. The normalized spacial score (nSPS) is 12.6. The van der Waals surface area contributed by atoms with Crippen LogP contribution >= 0.6 is 11.3 Å². The third-order valence-electron chi connectivity index (χ3n) is 4.46. The van der Waals surface area contributed by atoms with Gasteiger partial charge in [0.2, 0.25) is 0 Å². The zero-order valence-electron chi connectivity index (χ0n) is 17.3. The fourth-order valence-electron chi connectivity index (χ4n) is 2.86. The molecule has 6 N–H and O–H groups in total. The lowest BCUT2D eigenvalue weighted by atomic mass is 9.96. The van der Waals surface area contributed by atoms with Crippen molar-refractivity contribution in [2.75, 3.05) is 11.9 Å². The number of nitrogens with zero attached hydrogens (tertiary/aromatic N) is 1. The molecule has 0 amide bonds. The van der Waals surface area contributed by atoms with E-state index in [-0.39, 0.29) is 23.8 Å². The minimum Gasteiger partial charge on any atom is -0.593 e. The van der Waals surface area contributed by atoms with Crippen molar-refractivity contribution in [1.82, 2.24) is 4.98 Å². The first kappa shape index (κ1) is 23.5. The smallest absolute Gasteiger partial charge is 0.357 e. The van der Waals surface area contributed by atoms with Crippen LogP contribution in [0.1, 0.15) is 28.5 Å². The molecule has 1 heterocycles. The van der Waals surface area contributed by atoms with E-state index < -0.39 is 17.3 Å². The third kappa shape index (κ3) is 5.95. The Labute approximate surface area is 193 Å². The van der Waals surface area contributed by atoms with Gasteiger partial charge in [-0.1, -0.05) is 42.5 Å². The van der Waals surface area contributed by atoms with E-state index in [0.717, 1.165) is 5.56 Å². The standard InChI is InChI=1S/C22H23N5O3S2/c1-2-30-21(28)18-13-31-22(26-18)27-20(24)17(19(23)15-6-4-3-5-7-15)12-14-8-10-16(11-9-14)32(25)29/h3-11,13,23H,2,12,24-25H2,1H3,(H,26,27)/b20-17-,23-19?. The highest BCUT2D eigenvalue weighted by molar-refractivity contribution is 7.89. The van der Waals surface area contributed by atoms with Gasteiger partial charge in [-0.25, -0.2) is 9.78 Å². The van der Waals surface area contributed by atoms with E-state index in [4.69, 9.17) is 21.0 Å². The molecule has 0 spiro atoms. The maximum Gasteiger partial charge on any atom is 0.357 e. The van der Waals surface area contributed by atoms with E-state index in [1.165, 1.54) is 11.3 Å². The molecule has 0 bridgehead atoms. The Hall–Kier alpha value is -3.18. The van der Waals surface area contributed by atoms with Crippen molar-refractivity contribution in [3.05, 3.63) is 88.2 Å². The van der Waals surface area contributed by atoms with Crippen LogP contribution in [0.15, 0.2) is 76.3 Å². The van der Waals surface area contributed by atoms with Gasteiger partial charge in [-0.15, -0.1) is 16.5 Å². The molecule has 10 heteroatoms. The van der Waals surface area contributed by atoms with Gasteiger partial charge in [0.15, 0.2) is 15.7 Å². The van der Waals surface area contributed by atoms with Gasteiger partial charge < -0.3 is 20.3 Å². The molecule has 8 nitrogen and oxygen atoms in total. The number of benzene rings is 2. The summed E-state index contributed by atoms with van der Waals surface area (Å²) in [7, 11) is 0. The first-order valence-electron chi connectivity index (χ1n) is 9.66. The number of hydrogen-bond acceptors (Lipinski definition) is 9. The van der Waals surface area contributed by atoms with Gasteiger partial charge in [-0.2, -0.15) is 0 Å². The number of carbonyl (C=O) groups is 1. The summed E-state index contributed by atoms with van der Waals surface area (Å²) in [5.74, 6) is -0.260. The fourth-order valence-corrected chi connectivity index (χ4v) is 3.96. The highest BCUT2D eigenvalue weighted by Crippen LogP contribution is 2.22. The van der Waals surface area contributed by atoms with Crippen LogP contribution in [-0.4, -0.2) is 27.8 Å². The predicted octanol–water partition coefficient (Wildman–Crippen LogP) is 3.19. The van der Waals surface area contributed by atoms with Gasteiger partial charge in [-0.05, 0) is 30.2 Å². The van der Waals surface area contributed by atoms with E-state index in [1.807, 2.05) is 30.3 Å². The minimum absolute atomic E-state index is 0.192. The summed E-state index contributed by atoms with van der Waals surface area (Å²) in [6, 6.07) is 16.2. The summed E-state index contributed by atoms with van der Waals surface area (Å²) in [5.41, 5.74) is 8.93. The molecule has 166 valence electrons. The molecule has 1 atom stereocenters. The second kappa shape index (κ2) is 10.9. The molecule has 3 aromatic rings. The summed E-state index contributed by atoms with van der Waals surface area (Å²) in [4.78, 5) is 16.6. The van der Waals surface area contributed by atoms with Crippen molar-refractivity contribution >= 4 is 39.5 Å². The van der Waals surface area contributed by atoms with Crippen LogP contribution in [0, 0.1) is 5.41 Å². The average molecular weight is 470 g/mol. The number of allylic oxidation sites excluding steroid dienone is 1. The van der Waals surface area contributed by atoms with Gasteiger partial charge in [0, 0.05) is 17.4 Å². The lowest BCUT2D eigenvalue weighted by molar-refractivity contribution is 0.0520. The first-order valence-corrected chi connectivity index (χ1v) is 11.8. The number of nitrogens with two attached hydrogens (primary N) is 2. The lowest BCUT2D eigenvalue weighted by Crippen LogP contribution is -2.20. The van der Waals surface area contributed by atoms with Crippen LogP contribution in [0.2, 0.25) is 0 Å². The Kier molecular flexibility index (Phi) is 8.01. The predicted molar refractivity (Wildman–Crippen MR) is 127 cm³/mol. The SMILES string of the molecule is CCOC(=O)c1csc(N/C(N)=C(/Cc2ccc([S+](N)[O-])cc2)C(=N)c2ccccc2)n1. The average Bonchev–Trinajstić information content (AvgIpc) is 3.26. The highest BCUT2D eigenvalue weighted by atomic mass is 32.2. The van der Waals surface area contributed by atoms with Crippen LogP contribution in [0.4, 0.5) is 5.13 Å². The maximum atomic E-state index is 11.9. The topological polar surface area (TPSA) is 150 Å². The largest absolute Gasteiger partial charge is 0.593 e. The monoisotopic (exact) mass is 469 g/mol. The number of rotatable bonds is 9. The summed E-state index contributed by atoms with van der Waals surface area (Å²) < 4.78 is 16.4. The Morgan fingerprint density at radius 1 is 1.22 bits per heavy atom. The highest BCUT2D eigenvalue weighted by Gasteiger charge is 2.17. The minimum atomic E-state index is -1.56. The van der Waals surface area contributed by atoms with Crippen molar-refractivity contribution in [1.29, 1.82) is 5.41 Å². The number of hydrogen-bond donors (Lipinski definition) is 4. The van der Waals surface area contributed by atoms with Crippen molar-refractivity contribution in [2.24, 2.45) is 10.9 Å². The van der Waals surface area contributed by atoms with Gasteiger partial charge in [0.25, 0.3) is 0 Å². The van der Waals surface area contributed by atoms with Crippen molar-refractivity contribution in [2.45, 2.75) is 18.2 Å². The molecule has 0 aliphatic rings. The van der Waals surface area contributed by atoms with Crippen LogP contribution in [-0.2, 0) is 22.5 Å². The van der Waals surface area contributed by atoms with Crippen molar-refractivity contribution in [3.63, 3.8) is 0 Å². The number of ether oxygens (including phenoxy) is 1. The lowest BCUT2D eigenvalue weighted by Gasteiger charge is -2.15. The third-order valence-corrected chi connectivity index (χ3v) is 5.95. The molecule has 0 aliphatic heterocycles. The van der Waals surface area contributed by atoms with Crippen LogP contribution in [0.5, 0.6) is 0 Å². The zero-order chi connectivity index (χ0) is 23.1. The number of thiazole rings is 1. The Bertz CT molecular complexity index is 1110. The Morgan fingerprint density at radius 2 is 1.91 bits per heavy atom. The number of esters is 1. The molecule has 0 saturated heterocycles. The van der Waals surface area contributed by atoms with Gasteiger partial charge in [0.05, 0.1) is 23.7 Å².